The SMILES string of the molecule is CC1Oc2c(F)cc(Br)cc2N(C(=O)OC(C)(C)C)c2ncnc(Cl)c21. The molecule has 1 aliphatic rings. The fourth-order valence-electron chi connectivity index (χ4n) is 2.57. The molecule has 1 aromatic heterocycles. The van der Waals surface area contributed by atoms with Crippen LogP contribution >= 0.6 is 27.5 Å². The second kappa shape index (κ2) is 6.66. The summed E-state index contributed by atoms with van der Waals surface area (Å²) in [6.07, 6.45) is -0.185. The number of halogens is 3. The number of nitrogens with zero attached hydrogens (tertiary/aromatic N) is 3. The van der Waals surface area contributed by atoms with Crippen LogP contribution in [0.1, 0.15) is 39.4 Å². The molecule has 9 heteroatoms. The van der Waals surface area contributed by atoms with Gasteiger partial charge in [0, 0.05) is 4.47 Å². The third-order valence-electron chi connectivity index (χ3n) is 3.53. The van der Waals surface area contributed by atoms with Crippen LogP contribution in [0.25, 0.3) is 0 Å². The molecule has 3 rings (SSSR count). The minimum Gasteiger partial charge on any atom is -0.480 e. The van der Waals surface area contributed by atoms with Gasteiger partial charge in [-0.15, -0.1) is 0 Å². The summed E-state index contributed by atoms with van der Waals surface area (Å²) in [5, 5.41) is 0.114. The Bertz CT molecular complexity index is 888. The standard InChI is InChI=1S/C17H16BrClFN3O3/c1-8-12-14(19)21-7-22-15(12)23(16(24)26-17(2,3)4)11-6-9(18)5-10(20)13(11)25-8/h5-8H,1-4H3. The topological polar surface area (TPSA) is 64.5 Å². The first-order chi connectivity index (χ1) is 12.1. The van der Waals surface area contributed by atoms with E-state index < -0.39 is 23.6 Å². The number of carbonyl (C=O) groups excluding carboxylic acids is 1. The first-order valence-corrected chi connectivity index (χ1v) is 8.95. The van der Waals surface area contributed by atoms with E-state index in [1.807, 2.05) is 0 Å². The Balaban J connectivity index is 2.29. The quantitative estimate of drug-likeness (QED) is 0.498. The molecule has 0 spiro atoms. The number of aromatic nitrogens is 2. The molecule has 1 amide bonds. The zero-order valence-electron chi connectivity index (χ0n) is 14.5. The molecule has 0 fully saturated rings. The van der Waals surface area contributed by atoms with Crippen LogP contribution < -0.4 is 9.64 Å². The average Bonchev–Trinajstić information content (AvgIpc) is 2.61. The van der Waals surface area contributed by atoms with Gasteiger partial charge < -0.3 is 9.47 Å². The number of benzene rings is 1. The zero-order valence-corrected chi connectivity index (χ0v) is 16.9. The van der Waals surface area contributed by atoms with Gasteiger partial charge in [0.15, 0.2) is 17.4 Å². The summed E-state index contributed by atoms with van der Waals surface area (Å²) in [7, 11) is 0. The Labute approximate surface area is 163 Å². The van der Waals surface area contributed by atoms with E-state index in [4.69, 9.17) is 21.1 Å². The van der Waals surface area contributed by atoms with Gasteiger partial charge in [-0.25, -0.2) is 24.1 Å². The van der Waals surface area contributed by atoms with E-state index in [9.17, 15) is 9.18 Å². The minimum atomic E-state index is -0.766. The normalized spacial score (nSPS) is 16.3. The number of ether oxygens (including phenoxy) is 2. The molecule has 0 bridgehead atoms. The second-order valence-electron chi connectivity index (χ2n) is 6.71. The molecule has 0 saturated carbocycles. The van der Waals surface area contributed by atoms with Gasteiger partial charge in [0.1, 0.15) is 28.9 Å². The summed E-state index contributed by atoms with van der Waals surface area (Å²) in [6.45, 7) is 6.88. The molecular weight excluding hydrogens is 429 g/mol. The maximum atomic E-state index is 14.6. The van der Waals surface area contributed by atoms with Crippen molar-refractivity contribution in [2.45, 2.75) is 39.4 Å². The molecule has 6 nitrogen and oxygen atoms in total. The average molecular weight is 445 g/mol. The van der Waals surface area contributed by atoms with Gasteiger partial charge in [0.25, 0.3) is 0 Å². The smallest absolute Gasteiger partial charge is 0.420 e. The molecule has 0 aliphatic carbocycles. The minimum absolute atomic E-state index is 0.0966. The highest BCUT2D eigenvalue weighted by Crippen LogP contribution is 2.46. The lowest BCUT2D eigenvalue weighted by Gasteiger charge is -2.27. The summed E-state index contributed by atoms with van der Waals surface area (Å²) in [4.78, 5) is 22.2. The maximum Gasteiger partial charge on any atom is 0.420 e. The third kappa shape index (κ3) is 3.48. The van der Waals surface area contributed by atoms with Crippen molar-refractivity contribution in [3.63, 3.8) is 0 Å². The molecule has 2 aromatic rings. The molecule has 1 atom stereocenters. The summed E-state index contributed by atoms with van der Waals surface area (Å²) < 4.78 is 26.3. The lowest BCUT2D eigenvalue weighted by molar-refractivity contribution is 0.0598. The van der Waals surface area contributed by atoms with Crippen molar-refractivity contribution in [1.82, 2.24) is 9.97 Å². The Morgan fingerprint density at radius 2 is 2.08 bits per heavy atom. The van der Waals surface area contributed by atoms with Crippen LogP contribution in [-0.2, 0) is 4.74 Å². The van der Waals surface area contributed by atoms with Gasteiger partial charge >= 0.3 is 6.09 Å². The van der Waals surface area contributed by atoms with E-state index in [2.05, 4.69) is 25.9 Å². The van der Waals surface area contributed by atoms with Crippen molar-refractivity contribution in [3.8, 4) is 5.75 Å². The van der Waals surface area contributed by atoms with E-state index in [0.717, 1.165) is 4.90 Å². The third-order valence-corrected chi connectivity index (χ3v) is 4.29. The molecular formula is C17H16BrClFN3O3. The van der Waals surface area contributed by atoms with Gasteiger partial charge in [-0.05, 0) is 39.8 Å². The monoisotopic (exact) mass is 443 g/mol. The summed E-state index contributed by atoms with van der Waals surface area (Å²) >= 11 is 9.45. The first kappa shape index (κ1) is 18.8. The van der Waals surface area contributed by atoms with Crippen LogP contribution in [-0.4, -0.2) is 21.7 Å². The number of fused-ring (bicyclic) bond motifs is 2. The van der Waals surface area contributed by atoms with Gasteiger partial charge in [-0.3, -0.25) is 0 Å². The van der Waals surface area contributed by atoms with Crippen LogP contribution in [0.2, 0.25) is 5.15 Å². The Kier molecular flexibility index (Phi) is 4.83. The van der Waals surface area contributed by atoms with E-state index in [-0.39, 0.29) is 22.4 Å². The highest BCUT2D eigenvalue weighted by molar-refractivity contribution is 9.10. The fraction of sp³-hybridized carbons (Fsp3) is 0.353. The molecule has 0 radical (unpaired) electrons. The largest absolute Gasteiger partial charge is 0.480 e. The molecule has 138 valence electrons. The van der Waals surface area contributed by atoms with Gasteiger partial charge in [-0.1, -0.05) is 27.5 Å². The van der Waals surface area contributed by atoms with Crippen LogP contribution in [0.3, 0.4) is 0 Å². The first-order valence-electron chi connectivity index (χ1n) is 7.77. The summed E-state index contributed by atoms with van der Waals surface area (Å²) in [5.74, 6) is -0.546. The molecule has 26 heavy (non-hydrogen) atoms. The number of rotatable bonds is 0. The predicted octanol–water partition coefficient (Wildman–Crippen LogP) is 5.56. The number of anilines is 2. The van der Waals surface area contributed by atoms with Crippen LogP contribution in [0.15, 0.2) is 22.9 Å². The molecule has 0 saturated heterocycles. The van der Waals surface area contributed by atoms with Crippen molar-refractivity contribution in [2.75, 3.05) is 4.90 Å². The number of hydrogen-bond donors (Lipinski definition) is 0. The van der Waals surface area contributed by atoms with Crippen LogP contribution in [0.4, 0.5) is 20.7 Å². The molecule has 1 aromatic carbocycles. The highest BCUT2D eigenvalue weighted by atomic mass is 79.9. The number of hydrogen-bond acceptors (Lipinski definition) is 5. The van der Waals surface area contributed by atoms with E-state index in [1.165, 1.54) is 12.4 Å². The van der Waals surface area contributed by atoms with Gasteiger partial charge in [-0.2, -0.15) is 0 Å². The van der Waals surface area contributed by atoms with Crippen molar-refractivity contribution in [2.24, 2.45) is 0 Å². The van der Waals surface area contributed by atoms with Gasteiger partial charge in [0.2, 0.25) is 0 Å². The van der Waals surface area contributed by atoms with E-state index >= 15 is 0 Å². The summed E-state index contributed by atoms with van der Waals surface area (Å²) in [6, 6.07) is 2.81. The number of amides is 1. The predicted molar refractivity (Wildman–Crippen MR) is 98.6 cm³/mol. The van der Waals surface area contributed by atoms with Crippen LogP contribution in [0, 0.1) is 5.82 Å². The van der Waals surface area contributed by atoms with E-state index in [0.29, 0.717) is 10.0 Å². The van der Waals surface area contributed by atoms with E-state index in [1.54, 1.807) is 33.8 Å². The Morgan fingerprint density at radius 1 is 1.38 bits per heavy atom. The van der Waals surface area contributed by atoms with Crippen molar-refractivity contribution in [3.05, 3.63) is 39.5 Å². The van der Waals surface area contributed by atoms with Gasteiger partial charge in [0.05, 0.1) is 5.56 Å². The number of carbonyl (C=O) groups is 1. The fourth-order valence-corrected chi connectivity index (χ4v) is 3.26. The second-order valence-corrected chi connectivity index (χ2v) is 7.99. The van der Waals surface area contributed by atoms with Crippen LogP contribution in [0.5, 0.6) is 5.75 Å². The Morgan fingerprint density at radius 3 is 2.73 bits per heavy atom. The highest BCUT2D eigenvalue weighted by Gasteiger charge is 2.37. The van der Waals surface area contributed by atoms with Crippen molar-refractivity contribution in [1.29, 1.82) is 0 Å². The Hall–Kier alpha value is -1.93. The molecule has 2 heterocycles. The maximum absolute atomic E-state index is 14.6. The lowest BCUT2D eigenvalue weighted by atomic mass is 10.2. The molecule has 1 aliphatic heterocycles. The summed E-state index contributed by atoms with van der Waals surface area (Å²) in [5.41, 5.74) is -0.240. The lowest BCUT2D eigenvalue weighted by Crippen LogP contribution is -2.34. The molecule has 1 unspecified atom stereocenters. The van der Waals surface area contributed by atoms with Crippen molar-refractivity contribution < 1.29 is 18.7 Å². The zero-order chi connectivity index (χ0) is 19.2. The molecule has 0 N–H and O–H groups in total. The van der Waals surface area contributed by atoms with Crippen molar-refractivity contribution >= 4 is 45.1 Å².